The van der Waals surface area contributed by atoms with E-state index in [4.69, 9.17) is 18.7 Å². The zero-order chi connectivity index (χ0) is 39.9. The molecule has 220 valence electrons. The molecule has 9 rings (SSSR count). The van der Waals surface area contributed by atoms with Gasteiger partial charge in [-0.3, -0.25) is 4.57 Å². The van der Waals surface area contributed by atoms with Crippen LogP contribution in [0.1, 0.15) is 13.7 Å². The van der Waals surface area contributed by atoms with Crippen molar-refractivity contribution in [3.05, 3.63) is 182 Å². The molecule has 9 aromatic rings. The first-order valence-electron chi connectivity index (χ1n) is 20.2. The molecule has 1 heterocycles. The number of para-hydroxylation sites is 3. The Hall–Kier alpha value is -6.25. The predicted octanol–water partition coefficient (Wildman–Crippen LogP) is 12.0. The smallest absolute Gasteiger partial charge is 0.145 e. The van der Waals surface area contributed by atoms with Crippen molar-refractivity contribution in [2.24, 2.45) is 0 Å². The molecule has 0 aliphatic rings. The van der Waals surface area contributed by atoms with Crippen LogP contribution in [0, 0.1) is 0 Å². The largest absolute Gasteiger partial charge is 0.292 e. The van der Waals surface area contributed by atoms with E-state index in [0.29, 0.717) is 32.7 Å². The van der Waals surface area contributed by atoms with Crippen LogP contribution in [0.2, 0.25) is 0 Å². The standard InChI is InChI=1S/C45H30N2/c1-4-15-31(16-5-1)43-37-23-10-11-24-38(37)44(32-17-6-2-7-18-32)40-30-34(27-28-39(40)43)33-19-14-20-35(29-33)45-46-41-25-12-13-26-42(41)47(45)36-21-8-3-9-22-36/h1-30H/i1D,2D,4D,5D,6D,7D,15D,16D,17D,18D. The lowest BCUT2D eigenvalue weighted by atomic mass is 9.85. The highest BCUT2D eigenvalue weighted by Gasteiger charge is 2.18. The number of nitrogens with zero attached hydrogens (tertiary/aromatic N) is 2. The minimum atomic E-state index is -0.517. The second kappa shape index (κ2) is 11.3. The highest BCUT2D eigenvalue weighted by molar-refractivity contribution is 6.22. The van der Waals surface area contributed by atoms with Gasteiger partial charge in [0.15, 0.2) is 0 Å². The Morgan fingerprint density at radius 2 is 1.00 bits per heavy atom. The van der Waals surface area contributed by atoms with Gasteiger partial charge in [-0.25, -0.2) is 4.98 Å². The van der Waals surface area contributed by atoms with Crippen LogP contribution in [-0.4, -0.2) is 9.55 Å². The number of hydrogen-bond acceptors (Lipinski definition) is 1. The monoisotopic (exact) mass is 608 g/mol. The van der Waals surface area contributed by atoms with Crippen molar-refractivity contribution in [2.45, 2.75) is 0 Å². The lowest BCUT2D eigenvalue weighted by molar-refractivity contribution is 1.10. The van der Waals surface area contributed by atoms with Crippen molar-refractivity contribution in [2.75, 3.05) is 0 Å². The van der Waals surface area contributed by atoms with Gasteiger partial charge >= 0.3 is 0 Å². The lowest BCUT2D eigenvalue weighted by Crippen LogP contribution is -1.97. The van der Waals surface area contributed by atoms with Crippen molar-refractivity contribution >= 4 is 32.6 Å². The molecule has 0 saturated heterocycles. The molecule has 0 saturated carbocycles. The molecule has 2 heteroatoms. The SMILES string of the molecule is [2H]c1c([2H])c([2H])c(-c2c3ccccc3c(-c3c([2H])c([2H])c([2H])c([2H])c3[2H])c3cc(-c4cccc(-c5nc6ccccc6n5-c5ccccc5)c4)ccc23)c([2H])c1[2H]. The summed E-state index contributed by atoms with van der Waals surface area (Å²) in [7, 11) is 0. The first-order valence-corrected chi connectivity index (χ1v) is 15.2. The summed E-state index contributed by atoms with van der Waals surface area (Å²) in [6.07, 6.45) is 0. The van der Waals surface area contributed by atoms with Gasteiger partial charge in [-0.1, -0.05) is 145 Å². The molecule has 0 radical (unpaired) electrons. The van der Waals surface area contributed by atoms with E-state index in [1.165, 1.54) is 0 Å². The number of imidazole rings is 1. The van der Waals surface area contributed by atoms with Crippen LogP contribution in [0.4, 0.5) is 0 Å². The highest BCUT2D eigenvalue weighted by Crippen LogP contribution is 2.45. The van der Waals surface area contributed by atoms with Crippen LogP contribution in [0.15, 0.2) is 182 Å². The molecule has 0 fully saturated rings. The fraction of sp³-hybridized carbons (Fsp3) is 0. The fourth-order valence-corrected chi connectivity index (χ4v) is 6.54. The number of fused-ring (bicyclic) bond motifs is 3. The van der Waals surface area contributed by atoms with Gasteiger partial charge in [0, 0.05) is 11.3 Å². The molecule has 2 nitrogen and oxygen atoms in total. The lowest BCUT2D eigenvalue weighted by Gasteiger charge is -2.19. The zero-order valence-electron chi connectivity index (χ0n) is 34.9. The van der Waals surface area contributed by atoms with Gasteiger partial charge in [-0.15, -0.1) is 0 Å². The number of aromatic nitrogens is 2. The van der Waals surface area contributed by atoms with Gasteiger partial charge in [0.2, 0.25) is 0 Å². The summed E-state index contributed by atoms with van der Waals surface area (Å²) in [5.74, 6) is 0.735. The van der Waals surface area contributed by atoms with Gasteiger partial charge in [-0.2, -0.15) is 0 Å². The quantitative estimate of drug-likeness (QED) is 0.178. The van der Waals surface area contributed by atoms with E-state index in [9.17, 15) is 0 Å². The third kappa shape index (κ3) is 4.62. The third-order valence-corrected chi connectivity index (χ3v) is 8.55. The van der Waals surface area contributed by atoms with Crippen LogP contribution in [0.5, 0.6) is 0 Å². The van der Waals surface area contributed by atoms with E-state index in [2.05, 4.69) is 4.57 Å². The second-order valence-electron chi connectivity index (χ2n) is 11.2. The Balaban J connectivity index is 1.38. The average Bonchev–Trinajstić information content (AvgIpc) is 3.64. The molecule has 0 bridgehead atoms. The van der Waals surface area contributed by atoms with Crippen LogP contribution < -0.4 is 0 Å². The molecule has 0 aliphatic carbocycles. The Morgan fingerprint density at radius 1 is 0.426 bits per heavy atom. The molecular formula is C45H30N2. The van der Waals surface area contributed by atoms with Crippen molar-refractivity contribution in [1.82, 2.24) is 9.55 Å². The Kier molecular flexibility index (Phi) is 4.48. The van der Waals surface area contributed by atoms with E-state index in [1.807, 2.05) is 97.1 Å². The second-order valence-corrected chi connectivity index (χ2v) is 11.2. The van der Waals surface area contributed by atoms with E-state index in [1.54, 1.807) is 24.3 Å². The number of hydrogen-bond donors (Lipinski definition) is 0. The minimum Gasteiger partial charge on any atom is -0.292 e. The van der Waals surface area contributed by atoms with Gasteiger partial charge in [0.05, 0.1) is 24.7 Å². The van der Waals surface area contributed by atoms with Crippen LogP contribution in [0.3, 0.4) is 0 Å². The fourth-order valence-electron chi connectivity index (χ4n) is 6.54. The first-order chi connectivity index (χ1) is 27.5. The molecule has 0 N–H and O–H groups in total. The van der Waals surface area contributed by atoms with Gasteiger partial charge in [-0.05, 0) is 91.3 Å². The van der Waals surface area contributed by atoms with Crippen molar-refractivity contribution in [1.29, 1.82) is 0 Å². The van der Waals surface area contributed by atoms with Crippen molar-refractivity contribution in [3.63, 3.8) is 0 Å². The molecule has 1 aromatic heterocycles. The summed E-state index contributed by atoms with van der Waals surface area (Å²) >= 11 is 0. The topological polar surface area (TPSA) is 17.8 Å². The van der Waals surface area contributed by atoms with Crippen molar-refractivity contribution in [3.8, 4) is 50.5 Å². The third-order valence-electron chi connectivity index (χ3n) is 8.55. The Labute approximate surface area is 287 Å². The highest BCUT2D eigenvalue weighted by atomic mass is 15.1. The van der Waals surface area contributed by atoms with E-state index in [0.717, 1.165) is 39.2 Å². The minimum absolute atomic E-state index is 0.00251. The molecule has 47 heavy (non-hydrogen) atoms. The average molecular weight is 609 g/mol. The summed E-state index contributed by atoms with van der Waals surface area (Å²) in [5, 5.41) is 1.96. The van der Waals surface area contributed by atoms with E-state index in [-0.39, 0.29) is 35.3 Å². The number of rotatable bonds is 5. The Morgan fingerprint density at radius 3 is 1.72 bits per heavy atom. The van der Waals surface area contributed by atoms with Gasteiger partial charge < -0.3 is 0 Å². The summed E-state index contributed by atoms with van der Waals surface area (Å²) in [4.78, 5) is 5.05. The molecule has 0 spiro atoms. The molecule has 0 aliphatic heterocycles. The summed E-state index contributed by atoms with van der Waals surface area (Å²) in [6.45, 7) is 0. The summed E-state index contributed by atoms with van der Waals surface area (Å²) < 4.78 is 89.0. The maximum absolute atomic E-state index is 9.06. The predicted molar refractivity (Wildman–Crippen MR) is 198 cm³/mol. The molecule has 8 aromatic carbocycles. The molecular weight excluding hydrogens is 569 g/mol. The van der Waals surface area contributed by atoms with Crippen LogP contribution in [-0.2, 0) is 0 Å². The summed E-state index contributed by atoms with van der Waals surface area (Å²) in [6, 6.07) is 34.1. The van der Waals surface area contributed by atoms with E-state index < -0.39 is 36.3 Å². The number of benzene rings is 8. The first kappa shape index (κ1) is 18.7. The molecule has 0 amide bonds. The van der Waals surface area contributed by atoms with Crippen LogP contribution >= 0.6 is 0 Å². The maximum Gasteiger partial charge on any atom is 0.145 e. The molecule has 0 unspecified atom stereocenters. The molecule has 0 atom stereocenters. The Bertz CT molecular complexity index is 3080. The van der Waals surface area contributed by atoms with Gasteiger partial charge in [0.1, 0.15) is 5.82 Å². The van der Waals surface area contributed by atoms with Crippen molar-refractivity contribution < 1.29 is 13.7 Å². The normalized spacial score (nSPS) is 14.4. The summed E-state index contributed by atoms with van der Waals surface area (Å²) in [5.41, 5.74) is 5.88. The maximum atomic E-state index is 9.06. The zero-order valence-corrected chi connectivity index (χ0v) is 24.9. The van der Waals surface area contributed by atoms with Crippen LogP contribution in [0.25, 0.3) is 83.0 Å². The van der Waals surface area contributed by atoms with E-state index >= 15 is 0 Å². The van der Waals surface area contributed by atoms with Gasteiger partial charge in [0.25, 0.3) is 0 Å².